The number of carbonyl (C=O) groups excluding carboxylic acids is 1. The molecule has 1 aliphatic rings. The van der Waals surface area contributed by atoms with Gasteiger partial charge in [0.15, 0.2) is 0 Å². The van der Waals surface area contributed by atoms with E-state index in [1.165, 1.54) is 16.0 Å². The van der Waals surface area contributed by atoms with Crippen molar-refractivity contribution in [2.24, 2.45) is 0 Å². The number of carbonyl (C=O) groups is 1. The zero-order valence-corrected chi connectivity index (χ0v) is 12.4. The van der Waals surface area contributed by atoms with Gasteiger partial charge in [-0.15, -0.1) is 11.3 Å². The van der Waals surface area contributed by atoms with Gasteiger partial charge in [-0.05, 0) is 24.1 Å². The van der Waals surface area contributed by atoms with Crippen LogP contribution >= 0.6 is 23.1 Å². The lowest BCUT2D eigenvalue weighted by atomic mass is 10.1. The van der Waals surface area contributed by atoms with Gasteiger partial charge in [-0.1, -0.05) is 29.8 Å². The summed E-state index contributed by atoms with van der Waals surface area (Å²) >= 11 is 3.56. The van der Waals surface area contributed by atoms with Crippen molar-refractivity contribution >= 4 is 29.0 Å². The third kappa shape index (κ3) is 2.85. The Morgan fingerprint density at radius 2 is 2.05 bits per heavy atom. The number of amides is 1. The van der Waals surface area contributed by atoms with Crippen LogP contribution in [0.5, 0.6) is 0 Å². The topological polar surface area (TPSA) is 29.1 Å². The monoisotopic (exact) mass is 289 g/mol. The summed E-state index contributed by atoms with van der Waals surface area (Å²) in [6.45, 7) is 2.66. The first-order valence-electron chi connectivity index (χ1n) is 6.25. The lowest BCUT2D eigenvalue weighted by Crippen LogP contribution is -2.21. The van der Waals surface area contributed by atoms with Crippen LogP contribution in [0.25, 0.3) is 0 Å². The first kappa shape index (κ1) is 12.8. The number of benzene rings is 1. The maximum atomic E-state index is 12.1. The lowest BCUT2D eigenvalue weighted by molar-refractivity contribution is 0.0955. The van der Waals surface area contributed by atoms with Crippen LogP contribution in [0.3, 0.4) is 0 Å². The fraction of sp³-hybridized carbons (Fsp3) is 0.267. The van der Waals surface area contributed by atoms with Gasteiger partial charge in [0.25, 0.3) is 5.91 Å². The summed E-state index contributed by atoms with van der Waals surface area (Å²) in [5, 5.41) is 2.99. The van der Waals surface area contributed by atoms with Crippen LogP contribution in [0.2, 0.25) is 0 Å². The first-order chi connectivity index (χ1) is 9.22. The molecule has 0 unspecified atom stereocenters. The van der Waals surface area contributed by atoms with Crippen molar-refractivity contribution in [3.63, 3.8) is 0 Å². The summed E-state index contributed by atoms with van der Waals surface area (Å²) in [6, 6.07) is 10.3. The molecular weight excluding hydrogens is 274 g/mol. The molecule has 1 aromatic heterocycles. The molecule has 2 aromatic rings. The number of nitrogens with one attached hydrogen (secondary N) is 1. The Bertz CT molecular complexity index is 580. The number of thioether (sulfide) groups is 1. The van der Waals surface area contributed by atoms with Crippen molar-refractivity contribution < 1.29 is 4.79 Å². The van der Waals surface area contributed by atoms with E-state index in [1.807, 2.05) is 17.8 Å². The van der Waals surface area contributed by atoms with Crippen molar-refractivity contribution in [1.82, 2.24) is 5.32 Å². The summed E-state index contributed by atoms with van der Waals surface area (Å²) < 4.78 is 0. The molecule has 0 spiro atoms. The number of hydrogen-bond donors (Lipinski definition) is 1. The Morgan fingerprint density at radius 1 is 1.26 bits per heavy atom. The van der Waals surface area contributed by atoms with Crippen LogP contribution in [0.15, 0.2) is 30.3 Å². The third-order valence-electron chi connectivity index (χ3n) is 3.18. The second kappa shape index (κ2) is 5.39. The fourth-order valence-electron chi connectivity index (χ4n) is 2.05. The number of hydrogen-bond acceptors (Lipinski definition) is 3. The van der Waals surface area contributed by atoms with Crippen molar-refractivity contribution in [1.29, 1.82) is 0 Å². The highest BCUT2D eigenvalue weighted by Gasteiger charge is 2.18. The first-order valence-corrected chi connectivity index (χ1v) is 8.22. The maximum absolute atomic E-state index is 12.1. The van der Waals surface area contributed by atoms with Gasteiger partial charge in [-0.2, -0.15) is 11.8 Å². The van der Waals surface area contributed by atoms with E-state index < -0.39 is 0 Å². The number of fused-ring (bicyclic) bond motifs is 1. The highest BCUT2D eigenvalue weighted by molar-refractivity contribution is 7.98. The molecule has 0 saturated carbocycles. The van der Waals surface area contributed by atoms with Gasteiger partial charge >= 0.3 is 0 Å². The predicted molar refractivity (Wildman–Crippen MR) is 81.7 cm³/mol. The third-order valence-corrected chi connectivity index (χ3v) is 5.55. The van der Waals surface area contributed by atoms with Gasteiger partial charge in [-0.25, -0.2) is 0 Å². The van der Waals surface area contributed by atoms with Crippen LogP contribution in [-0.4, -0.2) is 5.91 Å². The van der Waals surface area contributed by atoms with Gasteiger partial charge in [-0.3, -0.25) is 4.79 Å². The minimum absolute atomic E-state index is 0.0463. The van der Waals surface area contributed by atoms with Crippen molar-refractivity contribution in [3.05, 3.63) is 56.8 Å². The Hall–Kier alpha value is -1.26. The molecule has 1 aliphatic heterocycles. The standard InChI is InChI=1S/C15H15NOS2/c1-10-2-4-11(5-3-10)7-16-15(17)13-6-12-8-18-9-14(12)19-13/h2-6H,7-9H2,1H3,(H,16,17). The minimum Gasteiger partial charge on any atom is -0.347 e. The molecule has 0 aliphatic carbocycles. The highest BCUT2D eigenvalue weighted by atomic mass is 32.2. The van der Waals surface area contributed by atoms with E-state index in [0.717, 1.165) is 21.9 Å². The summed E-state index contributed by atoms with van der Waals surface area (Å²) in [5.41, 5.74) is 3.72. The van der Waals surface area contributed by atoms with Crippen molar-refractivity contribution in [2.45, 2.75) is 25.0 Å². The van der Waals surface area contributed by atoms with E-state index in [1.54, 1.807) is 11.3 Å². The van der Waals surface area contributed by atoms with E-state index in [-0.39, 0.29) is 5.91 Å². The maximum Gasteiger partial charge on any atom is 0.261 e. The number of aryl methyl sites for hydroxylation is 1. The van der Waals surface area contributed by atoms with E-state index in [2.05, 4.69) is 36.5 Å². The molecule has 19 heavy (non-hydrogen) atoms. The molecule has 1 N–H and O–H groups in total. The van der Waals surface area contributed by atoms with Gasteiger partial charge in [0.1, 0.15) is 0 Å². The molecule has 98 valence electrons. The zero-order chi connectivity index (χ0) is 13.2. The molecule has 1 amide bonds. The zero-order valence-electron chi connectivity index (χ0n) is 10.7. The van der Waals surface area contributed by atoms with Crippen molar-refractivity contribution in [3.8, 4) is 0 Å². The van der Waals surface area contributed by atoms with Gasteiger partial charge in [0, 0.05) is 22.9 Å². The average Bonchev–Trinajstić information content (AvgIpc) is 2.98. The number of thiophene rings is 1. The minimum atomic E-state index is 0.0463. The Kier molecular flexibility index (Phi) is 3.62. The molecule has 0 bridgehead atoms. The SMILES string of the molecule is Cc1ccc(CNC(=O)c2cc3c(s2)CSC3)cc1. The average molecular weight is 289 g/mol. The highest BCUT2D eigenvalue weighted by Crippen LogP contribution is 2.36. The van der Waals surface area contributed by atoms with Crippen LogP contribution in [0.4, 0.5) is 0 Å². The smallest absolute Gasteiger partial charge is 0.261 e. The van der Waals surface area contributed by atoms with E-state index in [0.29, 0.717) is 6.54 Å². The molecule has 1 aromatic carbocycles. The van der Waals surface area contributed by atoms with E-state index >= 15 is 0 Å². The van der Waals surface area contributed by atoms with Gasteiger partial charge in [0.2, 0.25) is 0 Å². The lowest BCUT2D eigenvalue weighted by Gasteiger charge is -2.04. The summed E-state index contributed by atoms with van der Waals surface area (Å²) in [4.78, 5) is 14.3. The summed E-state index contributed by atoms with van der Waals surface area (Å²) in [7, 11) is 0. The molecule has 3 rings (SSSR count). The molecular formula is C15H15NOS2. The summed E-state index contributed by atoms with van der Waals surface area (Å²) in [5.74, 6) is 2.16. The van der Waals surface area contributed by atoms with Gasteiger partial charge < -0.3 is 5.32 Å². The molecule has 0 radical (unpaired) electrons. The Morgan fingerprint density at radius 3 is 2.79 bits per heavy atom. The molecule has 2 nitrogen and oxygen atoms in total. The van der Waals surface area contributed by atoms with Crippen LogP contribution in [0.1, 0.15) is 31.2 Å². The quantitative estimate of drug-likeness (QED) is 0.932. The second-order valence-electron chi connectivity index (χ2n) is 4.72. The van der Waals surface area contributed by atoms with Crippen LogP contribution in [0, 0.1) is 6.92 Å². The Balaban J connectivity index is 1.63. The predicted octanol–water partition coefficient (Wildman–Crippen LogP) is 3.73. The second-order valence-corrected chi connectivity index (χ2v) is 6.84. The van der Waals surface area contributed by atoms with Crippen LogP contribution < -0.4 is 5.32 Å². The molecule has 0 fully saturated rings. The van der Waals surface area contributed by atoms with E-state index in [4.69, 9.17) is 0 Å². The molecule has 0 saturated heterocycles. The summed E-state index contributed by atoms with van der Waals surface area (Å²) in [6.07, 6.45) is 0. The largest absolute Gasteiger partial charge is 0.347 e. The van der Waals surface area contributed by atoms with Crippen molar-refractivity contribution in [2.75, 3.05) is 0 Å². The Labute approximate surface area is 121 Å². The molecule has 2 heterocycles. The van der Waals surface area contributed by atoms with Gasteiger partial charge in [0.05, 0.1) is 4.88 Å². The molecule has 0 atom stereocenters. The normalized spacial score (nSPS) is 13.3. The van der Waals surface area contributed by atoms with E-state index in [9.17, 15) is 4.79 Å². The molecule has 4 heteroatoms. The van der Waals surface area contributed by atoms with Crippen LogP contribution in [-0.2, 0) is 18.1 Å². The fourth-order valence-corrected chi connectivity index (χ4v) is 4.47. The number of rotatable bonds is 3.